The normalized spacial score (nSPS) is 11.3. The third kappa shape index (κ3) is 4.44. The van der Waals surface area contributed by atoms with Gasteiger partial charge in [0.25, 0.3) is 0 Å². The maximum Gasteiger partial charge on any atom is 0.0597 e. The second-order valence-electron chi connectivity index (χ2n) is 4.23. The lowest BCUT2D eigenvalue weighted by Gasteiger charge is -2.09. The minimum atomic E-state index is 0.908. The number of rotatable bonds is 6. The Morgan fingerprint density at radius 3 is 2.73 bits per heavy atom. The monoisotopic (exact) mass is 210 g/mol. The van der Waals surface area contributed by atoms with Gasteiger partial charge in [-0.3, -0.25) is 4.68 Å². The van der Waals surface area contributed by atoms with Gasteiger partial charge in [0.15, 0.2) is 0 Å². The highest BCUT2D eigenvalue weighted by Crippen LogP contribution is 2.00. The maximum absolute atomic E-state index is 4.31. The number of hydrogen-bond acceptors (Lipinski definition) is 3. The Bertz CT molecular complexity index is 291. The summed E-state index contributed by atoms with van der Waals surface area (Å²) in [6.07, 6.45) is 1.18. The molecule has 1 aromatic heterocycles. The van der Waals surface area contributed by atoms with E-state index in [1.54, 1.807) is 0 Å². The van der Waals surface area contributed by atoms with Crippen molar-refractivity contribution in [3.63, 3.8) is 0 Å². The zero-order chi connectivity index (χ0) is 11.3. The summed E-state index contributed by atoms with van der Waals surface area (Å²) >= 11 is 0. The van der Waals surface area contributed by atoms with E-state index in [4.69, 9.17) is 0 Å². The summed E-state index contributed by atoms with van der Waals surface area (Å²) in [7, 11) is 6.19. The van der Waals surface area contributed by atoms with Gasteiger partial charge in [0.05, 0.1) is 11.4 Å². The van der Waals surface area contributed by atoms with Crippen LogP contribution in [-0.4, -0.2) is 41.9 Å². The van der Waals surface area contributed by atoms with E-state index in [1.165, 1.54) is 12.1 Å². The SMILES string of the molecule is Cc1cc(CNCCCN(C)C)n(C)n1. The Balaban J connectivity index is 2.17. The Morgan fingerprint density at radius 2 is 2.20 bits per heavy atom. The number of aromatic nitrogens is 2. The van der Waals surface area contributed by atoms with Crippen LogP contribution in [-0.2, 0) is 13.6 Å². The zero-order valence-corrected chi connectivity index (χ0v) is 10.2. The molecule has 0 saturated heterocycles. The van der Waals surface area contributed by atoms with Gasteiger partial charge in [0, 0.05) is 13.6 Å². The van der Waals surface area contributed by atoms with Gasteiger partial charge in [-0.25, -0.2) is 0 Å². The van der Waals surface area contributed by atoms with Crippen LogP contribution in [0.4, 0.5) is 0 Å². The number of hydrogen-bond donors (Lipinski definition) is 1. The van der Waals surface area contributed by atoms with Crippen molar-refractivity contribution in [1.82, 2.24) is 20.0 Å². The van der Waals surface area contributed by atoms with Crippen molar-refractivity contribution in [3.8, 4) is 0 Å². The van der Waals surface area contributed by atoms with Crippen molar-refractivity contribution in [1.29, 1.82) is 0 Å². The van der Waals surface area contributed by atoms with E-state index in [1.807, 2.05) is 18.7 Å². The predicted octanol–water partition coefficient (Wildman–Crippen LogP) is 0.770. The third-order valence-corrected chi connectivity index (χ3v) is 2.36. The summed E-state index contributed by atoms with van der Waals surface area (Å²) in [4.78, 5) is 2.20. The molecule has 0 aliphatic rings. The fourth-order valence-electron chi connectivity index (χ4n) is 1.57. The quantitative estimate of drug-likeness (QED) is 0.704. The van der Waals surface area contributed by atoms with E-state index in [9.17, 15) is 0 Å². The highest BCUT2D eigenvalue weighted by molar-refractivity contribution is 5.08. The van der Waals surface area contributed by atoms with Crippen LogP contribution in [0.3, 0.4) is 0 Å². The van der Waals surface area contributed by atoms with Crippen LogP contribution in [0.1, 0.15) is 17.8 Å². The Labute approximate surface area is 92.3 Å². The van der Waals surface area contributed by atoms with Gasteiger partial charge in [0.2, 0.25) is 0 Å². The van der Waals surface area contributed by atoms with Crippen molar-refractivity contribution in [3.05, 3.63) is 17.5 Å². The molecule has 0 amide bonds. The van der Waals surface area contributed by atoms with Crippen LogP contribution in [0.15, 0.2) is 6.07 Å². The average molecular weight is 210 g/mol. The molecule has 0 saturated carbocycles. The van der Waals surface area contributed by atoms with Gasteiger partial charge >= 0.3 is 0 Å². The summed E-state index contributed by atoms with van der Waals surface area (Å²) in [6, 6.07) is 2.12. The highest BCUT2D eigenvalue weighted by atomic mass is 15.3. The van der Waals surface area contributed by atoms with Crippen LogP contribution in [0, 0.1) is 6.92 Å². The van der Waals surface area contributed by atoms with E-state index in [2.05, 4.69) is 35.5 Å². The molecular formula is C11H22N4. The molecule has 4 heteroatoms. The largest absolute Gasteiger partial charge is 0.311 e. The van der Waals surface area contributed by atoms with Crippen molar-refractivity contribution in [2.45, 2.75) is 19.9 Å². The first-order valence-corrected chi connectivity index (χ1v) is 5.44. The molecule has 1 N–H and O–H groups in total. The summed E-state index contributed by atoms with van der Waals surface area (Å²) in [5.74, 6) is 0. The van der Waals surface area contributed by atoms with Crippen LogP contribution in [0.5, 0.6) is 0 Å². The van der Waals surface area contributed by atoms with Gasteiger partial charge in [-0.05, 0) is 46.6 Å². The van der Waals surface area contributed by atoms with Gasteiger partial charge in [-0.15, -0.1) is 0 Å². The molecular weight excluding hydrogens is 188 g/mol. The Morgan fingerprint density at radius 1 is 1.47 bits per heavy atom. The Hall–Kier alpha value is -0.870. The first kappa shape index (κ1) is 12.2. The number of nitrogens with one attached hydrogen (secondary N) is 1. The Kier molecular flexibility index (Phi) is 4.78. The smallest absolute Gasteiger partial charge is 0.0597 e. The summed E-state index contributed by atoms with van der Waals surface area (Å²) in [5, 5.41) is 7.73. The molecule has 0 radical (unpaired) electrons. The molecule has 15 heavy (non-hydrogen) atoms. The van der Waals surface area contributed by atoms with Gasteiger partial charge < -0.3 is 10.2 Å². The van der Waals surface area contributed by atoms with E-state index in [0.717, 1.165) is 25.3 Å². The van der Waals surface area contributed by atoms with E-state index in [-0.39, 0.29) is 0 Å². The van der Waals surface area contributed by atoms with Crippen molar-refractivity contribution < 1.29 is 0 Å². The molecule has 0 atom stereocenters. The minimum absolute atomic E-state index is 0.908. The van der Waals surface area contributed by atoms with Crippen molar-refractivity contribution in [2.24, 2.45) is 7.05 Å². The minimum Gasteiger partial charge on any atom is -0.311 e. The summed E-state index contributed by atoms with van der Waals surface area (Å²) in [5.41, 5.74) is 2.33. The lowest BCUT2D eigenvalue weighted by atomic mass is 10.3. The highest BCUT2D eigenvalue weighted by Gasteiger charge is 2.00. The molecule has 1 aromatic rings. The molecule has 1 heterocycles. The standard InChI is InChI=1S/C11H22N4/c1-10-8-11(15(4)13-10)9-12-6-5-7-14(2)3/h8,12H,5-7,9H2,1-4H3. The molecule has 0 aromatic carbocycles. The molecule has 0 bridgehead atoms. The number of nitrogens with zero attached hydrogens (tertiary/aromatic N) is 3. The van der Waals surface area contributed by atoms with E-state index in [0.29, 0.717) is 0 Å². The molecule has 0 spiro atoms. The second-order valence-corrected chi connectivity index (χ2v) is 4.23. The van der Waals surface area contributed by atoms with E-state index >= 15 is 0 Å². The molecule has 0 fully saturated rings. The third-order valence-electron chi connectivity index (χ3n) is 2.36. The average Bonchev–Trinajstić information content (AvgIpc) is 2.44. The number of aryl methyl sites for hydroxylation is 2. The molecule has 1 rings (SSSR count). The first-order valence-electron chi connectivity index (χ1n) is 5.44. The van der Waals surface area contributed by atoms with Crippen LogP contribution >= 0.6 is 0 Å². The van der Waals surface area contributed by atoms with Gasteiger partial charge in [0.1, 0.15) is 0 Å². The summed E-state index contributed by atoms with van der Waals surface area (Å²) in [6.45, 7) is 5.13. The van der Waals surface area contributed by atoms with Gasteiger partial charge in [-0.2, -0.15) is 5.10 Å². The fraction of sp³-hybridized carbons (Fsp3) is 0.727. The molecule has 86 valence electrons. The fourth-order valence-corrected chi connectivity index (χ4v) is 1.57. The first-order chi connectivity index (χ1) is 7.09. The van der Waals surface area contributed by atoms with Crippen molar-refractivity contribution >= 4 is 0 Å². The van der Waals surface area contributed by atoms with Crippen LogP contribution in [0.25, 0.3) is 0 Å². The lowest BCUT2D eigenvalue weighted by molar-refractivity contribution is 0.393. The zero-order valence-electron chi connectivity index (χ0n) is 10.2. The molecule has 0 unspecified atom stereocenters. The molecule has 0 aliphatic carbocycles. The topological polar surface area (TPSA) is 33.1 Å². The lowest BCUT2D eigenvalue weighted by Crippen LogP contribution is -2.21. The van der Waals surface area contributed by atoms with Crippen LogP contribution < -0.4 is 5.32 Å². The maximum atomic E-state index is 4.31. The van der Waals surface area contributed by atoms with Gasteiger partial charge in [-0.1, -0.05) is 0 Å². The van der Waals surface area contributed by atoms with E-state index < -0.39 is 0 Å². The summed E-state index contributed by atoms with van der Waals surface area (Å²) < 4.78 is 1.94. The molecule has 4 nitrogen and oxygen atoms in total. The van der Waals surface area contributed by atoms with Crippen LogP contribution in [0.2, 0.25) is 0 Å². The molecule has 0 aliphatic heterocycles. The predicted molar refractivity (Wildman–Crippen MR) is 62.8 cm³/mol. The van der Waals surface area contributed by atoms with Crippen molar-refractivity contribution in [2.75, 3.05) is 27.2 Å². The second kappa shape index (κ2) is 5.88.